The van der Waals surface area contributed by atoms with Gasteiger partial charge in [0.15, 0.2) is 0 Å². The summed E-state index contributed by atoms with van der Waals surface area (Å²) in [5.41, 5.74) is 2.96. The van der Waals surface area contributed by atoms with Crippen molar-refractivity contribution in [2.75, 3.05) is 13.2 Å². The molecular formula is C19H24N2O3. The van der Waals surface area contributed by atoms with Crippen molar-refractivity contribution in [3.8, 4) is 0 Å². The summed E-state index contributed by atoms with van der Waals surface area (Å²) in [5, 5.41) is 23.9. The van der Waals surface area contributed by atoms with Crippen LogP contribution in [0.1, 0.15) is 42.0 Å². The Labute approximate surface area is 142 Å². The summed E-state index contributed by atoms with van der Waals surface area (Å²) in [6.45, 7) is 4.63. The molecule has 0 bridgehead atoms. The molecule has 0 fully saturated rings. The molecule has 2 N–H and O–H groups in total. The zero-order chi connectivity index (χ0) is 17.5. The third-order valence-electron chi connectivity index (χ3n) is 4.43. The zero-order valence-corrected chi connectivity index (χ0v) is 14.1. The van der Waals surface area contributed by atoms with Gasteiger partial charge in [-0.25, -0.2) is 0 Å². The average Bonchev–Trinajstić information content (AvgIpc) is 2.59. The topological polar surface area (TPSA) is 75.4 Å². The van der Waals surface area contributed by atoms with E-state index < -0.39 is 0 Å². The molecule has 0 saturated heterocycles. The Balaban J connectivity index is 2.10. The van der Waals surface area contributed by atoms with Crippen molar-refractivity contribution in [3.05, 3.63) is 75.3 Å². The van der Waals surface area contributed by atoms with Crippen molar-refractivity contribution in [2.24, 2.45) is 0 Å². The highest BCUT2D eigenvalue weighted by molar-refractivity contribution is 5.45. The summed E-state index contributed by atoms with van der Waals surface area (Å²) in [4.78, 5) is 10.7. The van der Waals surface area contributed by atoms with Gasteiger partial charge in [0.05, 0.1) is 4.92 Å². The molecule has 2 unspecified atom stereocenters. The maximum Gasteiger partial charge on any atom is 0.272 e. The quantitative estimate of drug-likeness (QED) is 0.572. The Hall–Kier alpha value is -2.24. The van der Waals surface area contributed by atoms with Crippen LogP contribution in [-0.2, 0) is 0 Å². The molecule has 0 aliphatic carbocycles. The monoisotopic (exact) mass is 328 g/mol. The van der Waals surface area contributed by atoms with E-state index >= 15 is 0 Å². The molecule has 0 aliphatic heterocycles. The normalized spacial score (nSPS) is 13.5. The minimum absolute atomic E-state index is 0.00481. The van der Waals surface area contributed by atoms with Gasteiger partial charge in [0, 0.05) is 30.8 Å². The molecule has 5 nitrogen and oxygen atoms in total. The van der Waals surface area contributed by atoms with Crippen LogP contribution >= 0.6 is 0 Å². The predicted octanol–water partition coefficient (Wildman–Crippen LogP) is 3.72. The molecule has 24 heavy (non-hydrogen) atoms. The molecule has 0 heterocycles. The lowest BCUT2D eigenvalue weighted by molar-refractivity contribution is -0.385. The van der Waals surface area contributed by atoms with Crippen molar-refractivity contribution in [1.29, 1.82) is 0 Å². The zero-order valence-electron chi connectivity index (χ0n) is 14.1. The van der Waals surface area contributed by atoms with E-state index in [0.29, 0.717) is 18.5 Å². The van der Waals surface area contributed by atoms with Crippen LogP contribution in [-0.4, -0.2) is 23.2 Å². The van der Waals surface area contributed by atoms with Crippen LogP contribution in [0.3, 0.4) is 0 Å². The van der Waals surface area contributed by atoms with E-state index in [4.69, 9.17) is 0 Å². The van der Waals surface area contributed by atoms with E-state index in [-0.39, 0.29) is 29.2 Å². The van der Waals surface area contributed by atoms with Gasteiger partial charge in [0.1, 0.15) is 0 Å². The largest absolute Gasteiger partial charge is 0.396 e. The van der Waals surface area contributed by atoms with Crippen LogP contribution in [0.15, 0.2) is 48.5 Å². The molecule has 2 aromatic rings. The number of benzene rings is 2. The molecule has 2 aromatic carbocycles. The van der Waals surface area contributed by atoms with Crippen LogP contribution in [0.5, 0.6) is 0 Å². The Morgan fingerprint density at radius 3 is 2.50 bits per heavy atom. The number of hydrogen-bond donors (Lipinski definition) is 2. The molecule has 2 rings (SSSR count). The molecule has 5 heteroatoms. The Bertz CT molecular complexity index is 674. The summed E-state index contributed by atoms with van der Waals surface area (Å²) < 4.78 is 0. The van der Waals surface area contributed by atoms with Gasteiger partial charge in [-0.1, -0.05) is 42.5 Å². The number of hydrogen-bond acceptors (Lipinski definition) is 4. The molecule has 0 amide bonds. The second-order valence-electron chi connectivity index (χ2n) is 6.00. The Kier molecular flexibility index (Phi) is 6.46. The fourth-order valence-electron chi connectivity index (χ4n) is 3.00. The number of nitro groups is 1. The van der Waals surface area contributed by atoms with Crippen molar-refractivity contribution < 1.29 is 10.0 Å². The number of nitro benzene ring substituents is 1. The number of aliphatic hydroxyl groups is 1. The fraction of sp³-hybridized carbons (Fsp3) is 0.368. The summed E-state index contributed by atoms with van der Waals surface area (Å²) in [6.07, 6.45) is 0.678. The van der Waals surface area contributed by atoms with E-state index in [9.17, 15) is 15.2 Å². The highest BCUT2D eigenvalue weighted by Gasteiger charge is 2.18. The lowest BCUT2D eigenvalue weighted by atomic mass is 9.94. The first-order valence-corrected chi connectivity index (χ1v) is 8.17. The first kappa shape index (κ1) is 18.1. The lowest BCUT2D eigenvalue weighted by Gasteiger charge is -2.22. The summed E-state index contributed by atoms with van der Waals surface area (Å²) in [6, 6.07) is 15.3. The van der Waals surface area contributed by atoms with Crippen LogP contribution in [0.4, 0.5) is 5.69 Å². The first-order valence-electron chi connectivity index (χ1n) is 8.17. The summed E-state index contributed by atoms with van der Waals surface area (Å²) in [5.74, 6) is 0.206. The number of nitrogens with zero attached hydrogens (tertiary/aromatic N) is 1. The van der Waals surface area contributed by atoms with Gasteiger partial charge < -0.3 is 10.4 Å². The van der Waals surface area contributed by atoms with Crippen molar-refractivity contribution >= 4 is 5.69 Å². The van der Waals surface area contributed by atoms with Crippen LogP contribution in [0.2, 0.25) is 0 Å². The minimum atomic E-state index is -0.343. The summed E-state index contributed by atoms with van der Waals surface area (Å²) in [7, 11) is 0. The molecule has 2 atom stereocenters. The minimum Gasteiger partial charge on any atom is -0.396 e. The highest BCUT2D eigenvalue weighted by atomic mass is 16.6. The van der Waals surface area contributed by atoms with Crippen LogP contribution < -0.4 is 5.32 Å². The lowest BCUT2D eigenvalue weighted by Crippen LogP contribution is -2.26. The SMILES string of the molecule is Cc1c(C(C)NCC(CCO)c2ccccc2)cccc1[N+](=O)[O-]. The van der Waals surface area contributed by atoms with Gasteiger partial charge in [-0.2, -0.15) is 0 Å². The van der Waals surface area contributed by atoms with Gasteiger partial charge in [0.2, 0.25) is 0 Å². The van der Waals surface area contributed by atoms with Crippen LogP contribution in [0.25, 0.3) is 0 Å². The molecule has 0 spiro atoms. The van der Waals surface area contributed by atoms with Gasteiger partial charge in [-0.15, -0.1) is 0 Å². The fourth-order valence-corrected chi connectivity index (χ4v) is 3.00. The third kappa shape index (κ3) is 4.40. The standard InChI is InChI=1S/C19H24N2O3/c1-14-18(9-6-10-19(14)21(23)24)15(2)20-13-17(11-12-22)16-7-4-3-5-8-16/h3-10,15,17,20,22H,11-13H2,1-2H3. The van der Waals surface area contributed by atoms with Gasteiger partial charge in [-0.05, 0) is 37.3 Å². The van der Waals surface area contributed by atoms with E-state index in [0.717, 1.165) is 5.56 Å². The van der Waals surface area contributed by atoms with Crippen molar-refractivity contribution in [3.63, 3.8) is 0 Å². The average molecular weight is 328 g/mol. The van der Waals surface area contributed by atoms with Gasteiger partial charge in [0.25, 0.3) is 5.69 Å². The number of aliphatic hydroxyl groups excluding tert-OH is 1. The van der Waals surface area contributed by atoms with E-state index in [2.05, 4.69) is 17.4 Å². The number of rotatable bonds is 8. The van der Waals surface area contributed by atoms with E-state index in [1.165, 1.54) is 11.6 Å². The smallest absolute Gasteiger partial charge is 0.272 e. The Morgan fingerprint density at radius 1 is 1.17 bits per heavy atom. The van der Waals surface area contributed by atoms with E-state index in [1.54, 1.807) is 13.0 Å². The molecular weight excluding hydrogens is 304 g/mol. The van der Waals surface area contributed by atoms with Crippen molar-refractivity contribution in [1.82, 2.24) is 5.32 Å². The second kappa shape index (κ2) is 8.57. The van der Waals surface area contributed by atoms with E-state index in [1.807, 2.05) is 31.2 Å². The molecule has 128 valence electrons. The number of nitrogens with one attached hydrogen (secondary N) is 1. The van der Waals surface area contributed by atoms with Crippen molar-refractivity contribution in [2.45, 2.75) is 32.2 Å². The maximum atomic E-state index is 11.1. The summed E-state index contributed by atoms with van der Waals surface area (Å²) >= 11 is 0. The molecule has 0 aromatic heterocycles. The van der Waals surface area contributed by atoms with Gasteiger partial charge >= 0.3 is 0 Å². The van der Waals surface area contributed by atoms with Crippen LogP contribution in [0, 0.1) is 17.0 Å². The second-order valence-corrected chi connectivity index (χ2v) is 6.00. The third-order valence-corrected chi connectivity index (χ3v) is 4.43. The highest BCUT2D eigenvalue weighted by Crippen LogP contribution is 2.26. The van der Waals surface area contributed by atoms with Gasteiger partial charge in [-0.3, -0.25) is 10.1 Å². The first-order chi connectivity index (χ1) is 11.5. The molecule has 0 radical (unpaired) electrons. The maximum absolute atomic E-state index is 11.1. The molecule has 0 saturated carbocycles. The predicted molar refractivity (Wildman–Crippen MR) is 95.1 cm³/mol. The Morgan fingerprint density at radius 2 is 1.88 bits per heavy atom. The molecule has 0 aliphatic rings.